The third-order valence-corrected chi connectivity index (χ3v) is 3.99. The van der Waals surface area contributed by atoms with Crippen LogP contribution in [0.2, 0.25) is 0 Å². The number of carbonyl (C=O) groups excluding carboxylic acids is 1. The first kappa shape index (κ1) is 18.4. The van der Waals surface area contributed by atoms with E-state index in [-0.39, 0.29) is 24.3 Å². The maximum absolute atomic E-state index is 14.2. The number of halogens is 1. The molecule has 0 aliphatic carbocycles. The van der Waals surface area contributed by atoms with Crippen LogP contribution in [0.5, 0.6) is 11.5 Å². The predicted octanol–water partition coefficient (Wildman–Crippen LogP) is 2.58. The van der Waals surface area contributed by atoms with Crippen molar-refractivity contribution in [2.75, 3.05) is 13.2 Å². The number of amides is 1. The largest absolute Gasteiger partial charge is 0.490 e. The minimum absolute atomic E-state index is 0.0386. The van der Waals surface area contributed by atoms with E-state index in [1.165, 1.54) is 12.1 Å². The number of ether oxygens (including phenoxy) is 2. The molecule has 2 aliphatic rings. The predicted molar refractivity (Wildman–Crippen MR) is 95.6 cm³/mol. The van der Waals surface area contributed by atoms with Crippen molar-refractivity contribution in [3.8, 4) is 11.5 Å². The van der Waals surface area contributed by atoms with Crippen molar-refractivity contribution in [3.05, 3.63) is 71.6 Å². The van der Waals surface area contributed by atoms with Crippen molar-refractivity contribution in [1.29, 1.82) is 0 Å². The first-order valence-electron chi connectivity index (χ1n) is 8.35. The number of carboxylic acids is 1. The van der Waals surface area contributed by atoms with Gasteiger partial charge in [-0.1, -0.05) is 12.1 Å². The third-order valence-electron chi connectivity index (χ3n) is 3.99. The number of nitrogens with one attached hydrogen (secondary N) is 1. The van der Waals surface area contributed by atoms with Gasteiger partial charge in [-0.15, -0.1) is 0 Å². The lowest BCUT2D eigenvalue weighted by molar-refractivity contribution is -0.139. The highest BCUT2D eigenvalue weighted by atomic mass is 19.1. The summed E-state index contributed by atoms with van der Waals surface area (Å²) in [6, 6.07) is 9.55. The van der Waals surface area contributed by atoms with Gasteiger partial charge in [-0.25, -0.2) is 9.18 Å². The average Bonchev–Trinajstić information content (AvgIpc) is 2.63. The lowest BCUT2D eigenvalue weighted by Crippen LogP contribution is -2.42. The summed E-state index contributed by atoms with van der Waals surface area (Å²) in [6.07, 6.45) is 3.54. The molecule has 0 saturated carbocycles. The summed E-state index contributed by atoms with van der Waals surface area (Å²) in [5.74, 6) is -1.96. The third kappa shape index (κ3) is 4.84. The molecule has 6 nitrogen and oxygen atoms in total. The summed E-state index contributed by atoms with van der Waals surface area (Å²) in [7, 11) is 0. The molecule has 2 aromatic carbocycles. The van der Waals surface area contributed by atoms with Crippen LogP contribution in [0.1, 0.15) is 15.9 Å². The second-order valence-corrected chi connectivity index (χ2v) is 5.95. The van der Waals surface area contributed by atoms with Crippen LogP contribution in [0.4, 0.5) is 4.39 Å². The molecule has 2 aromatic rings. The molecule has 4 bridgehead atoms. The first-order chi connectivity index (χ1) is 13.0. The van der Waals surface area contributed by atoms with Gasteiger partial charge in [0.1, 0.15) is 36.6 Å². The Morgan fingerprint density at radius 2 is 1.78 bits per heavy atom. The molecule has 4 rings (SSSR count). The van der Waals surface area contributed by atoms with Crippen LogP contribution in [0.25, 0.3) is 0 Å². The molecule has 1 amide bonds. The summed E-state index contributed by atoms with van der Waals surface area (Å²) in [5.41, 5.74) is 0.429. The molecule has 7 heteroatoms. The van der Waals surface area contributed by atoms with E-state index >= 15 is 0 Å². The molecule has 140 valence electrons. The standard InChI is InChI=1S/C20H18FNO5/c21-17-12-15-6-7-16(17)19(23)22-18(20(24)25)11-13-4-3-5-14(10-13)26-8-1-2-9-27-15/h1-7,10,12,18H,8-9,11H2,(H,22,23)(H,24,25)/b2-1+/t18-/m0/s1. The van der Waals surface area contributed by atoms with Crippen molar-refractivity contribution < 1.29 is 28.6 Å². The number of carbonyl (C=O) groups is 2. The molecular formula is C20H18FNO5. The minimum Gasteiger partial charge on any atom is -0.490 e. The Labute approximate surface area is 155 Å². The van der Waals surface area contributed by atoms with Crippen LogP contribution in [0.3, 0.4) is 0 Å². The quantitative estimate of drug-likeness (QED) is 0.753. The van der Waals surface area contributed by atoms with Crippen molar-refractivity contribution in [2.45, 2.75) is 12.5 Å². The molecule has 1 atom stereocenters. The van der Waals surface area contributed by atoms with Crippen molar-refractivity contribution in [2.24, 2.45) is 0 Å². The molecular weight excluding hydrogens is 353 g/mol. The maximum atomic E-state index is 14.2. The smallest absolute Gasteiger partial charge is 0.326 e. The van der Waals surface area contributed by atoms with Crippen molar-refractivity contribution in [1.82, 2.24) is 5.32 Å². The average molecular weight is 371 g/mol. The van der Waals surface area contributed by atoms with Crippen molar-refractivity contribution in [3.63, 3.8) is 0 Å². The molecule has 0 unspecified atom stereocenters. The zero-order chi connectivity index (χ0) is 19.2. The Morgan fingerprint density at radius 3 is 2.44 bits per heavy atom. The van der Waals surface area contributed by atoms with Crippen LogP contribution < -0.4 is 14.8 Å². The Morgan fingerprint density at radius 1 is 1.07 bits per heavy atom. The molecule has 27 heavy (non-hydrogen) atoms. The molecule has 0 aromatic heterocycles. The Hall–Kier alpha value is -3.35. The highest BCUT2D eigenvalue weighted by molar-refractivity contribution is 5.97. The summed E-state index contributed by atoms with van der Waals surface area (Å²) < 4.78 is 25.2. The van der Waals surface area contributed by atoms with E-state index < -0.39 is 23.7 Å². The molecule has 2 aliphatic heterocycles. The van der Waals surface area contributed by atoms with Crippen LogP contribution in [-0.2, 0) is 11.2 Å². The Balaban J connectivity index is 1.92. The lowest BCUT2D eigenvalue weighted by atomic mass is 10.0. The van der Waals surface area contributed by atoms with Gasteiger partial charge >= 0.3 is 5.97 Å². The SMILES string of the molecule is O=C1N[C@H](C(=O)O)Cc2cccc(c2)OC/C=C/COc2ccc1c(F)c2. The normalized spacial score (nSPS) is 18.6. The van der Waals surface area contributed by atoms with Gasteiger partial charge in [0.15, 0.2) is 0 Å². The summed E-state index contributed by atoms with van der Waals surface area (Å²) >= 11 is 0. The van der Waals surface area contributed by atoms with Gasteiger partial charge in [0.05, 0.1) is 5.56 Å². The van der Waals surface area contributed by atoms with Gasteiger partial charge in [-0.3, -0.25) is 4.79 Å². The molecule has 0 saturated heterocycles. The summed E-state index contributed by atoms with van der Waals surface area (Å²) in [6.45, 7) is 0.522. The number of rotatable bonds is 1. The van der Waals surface area contributed by atoms with E-state index in [2.05, 4.69) is 5.32 Å². The van der Waals surface area contributed by atoms with E-state index in [1.54, 1.807) is 36.4 Å². The number of carboxylic acid groups (broad SMARTS) is 1. The fourth-order valence-corrected chi connectivity index (χ4v) is 2.63. The van der Waals surface area contributed by atoms with Gasteiger partial charge in [-0.05, 0) is 42.0 Å². The van der Waals surface area contributed by atoms with Crippen LogP contribution in [0, 0.1) is 5.82 Å². The monoisotopic (exact) mass is 371 g/mol. The van der Waals surface area contributed by atoms with Gasteiger partial charge in [0.25, 0.3) is 5.91 Å². The number of hydrogen-bond acceptors (Lipinski definition) is 4. The van der Waals surface area contributed by atoms with Crippen molar-refractivity contribution >= 4 is 11.9 Å². The highest BCUT2D eigenvalue weighted by Gasteiger charge is 2.23. The Kier molecular flexibility index (Phi) is 5.71. The van der Waals surface area contributed by atoms with E-state index in [0.717, 1.165) is 6.07 Å². The van der Waals surface area contributed by atoms with E-state index in [9.17, 15) is 19.1 Å². The lowest BCUT2D eigenvalue weighted by Gasteiger charge is -2.16. The number of hydrogen-bond donors (Lipinski definition) is 2. The maximum Gasteiger partial charge on any atom is 0.326 e. The van der Waals surface area contributed by atoms with Crippen LogP contribution in [0.15, 0.2) is 54.6 Å². The van der Waals surface area contributed by atoms with E-state index in [0.29, 0.717) is 17.9 Å². The second kappa shape index (κ2) is 8.35. The summed E-state index contributed by atoms with van der Waals surface area (Å²) in [4.78, 5) is 23.9. The number of aliphatic carboxylic acids is 1. The zero-order valence-electron chi connectivity index (χ0n) is 14.4. The molecule has 2 N–H and O–H groups in total. The molecule has 0 fully saturated rings. The van der Waals surface area contributed by atoms with Gasteiger partial charge in [0, 0.05) is 12.5 Å². The number of fused-ring (bicyclic) bond motifs is 9. The number of benzene rings is 2. The van der Waals surface area contributed by atoms with E-state index in [1.807, 2.05) is 0 Å². The fraction of sp³-hybridized carbons (Fsp3) is 0.200. The van der Waals surface area contributed by atoms with Crippen LogP contribution in [-0.4, -0.2) is 36.2 Å². The van der Waals surface area contributed by atoms with Gasteiger partial charge in [0.2, 0.25) is 0 Å². The molecule has 2 heterocycles. The van der Waals surface area contributed by atoms with Gasteiger partial charge < -0.3 is 19.9 Å². The first-order valence-corrected chi connectivity index (χ1v) is 8.35. The fourth-order valence-electron chi connectivity index (χ4n) is 2.63. The minimum atomic E-state index is -1.21. The topological polar surface area (TPSA) is 84.9 Å². The Bertz CT molecular complexity index is 880. The van der Waals surface area contributed by atoms with Gasteiger partial charge in [-0.2, -0.15) is 0 Å². The molecule has 0 spiro atoms. The second-order valence-electron chi connectivity index (χ2n) is 5.95. The molecule has 0 radical (unpaired) electrons. The highest BCUT2D eigenvalue weighted by Crippen LogP contribution is 2.18. The van der Waals surface area contributed by atoms with Crippen LogP contribution >= 0.6 is 0 Å². The summed E-state index contributed by atoms with van der Waals surface area (Å²) in [5, 5.41) is 11.8. The zero-order valence-corrected chi connectivity index (χ0v) is 14.4. The van der Waals surface area contributed by atoms with E-state index in [4.69, 9.17) is 9.47 Å².